The molecule has 0 radical (unpaired) electrons. The molecule has 5 rings (SSSR count). The Labute approximate surface area is 198 Å². The molecule has 170 valence electrons. The van der Waals surface area contributed by atoms with Gasteiger partial charge in [0.1, 0.15) is 4.83 Å². The number of hydrogen-bond acceptors (Lipinski definition) is 5. The van der Waals surface area contributed by atoms with Gasteiger partial charge in [0.2, 0.25) is 0 Å². The third-order valence-electron chi connectivity index (χ3n) is 6.41. The third-order valence-corrected chi connectivity index (χ3v) is 7.52. The van der Waals surface area contributed by atoms with Gasteiger partial charge < -0.3 is 15.1 Å². The summed E-state index contributed by atoms with van der Waals surface area (Å²) in [6.07, 6.45) is 0. The summed E-state index contributed by atoms with van der Waals surface area (Å²) in [4.78, 5) is 19.7. The van der Waals surface area contributed by atoms with E-state index in [0.29, 0.717) is 4.88 Å². The molecule has 1 fully saturated rings. The molecule has 2 aromatic heterocycles. The molecule has 4 aromatic rings. The lowest BCUT2D eigenvalue weighted by atomic mass is 10.1. The van der Waals surface area contributed by atoms with Crippen LogP contribution >= 0.6 is 11.3 Å². The van der Waals surface area contributed by atoms with Crippen molar-refractivity contribution in [2.75, 3.05) is 42.9 Å². The largest absolute Gasteiger partial charge is 0.369 e. The summed E-state index contributed by atoms with van der Waals surface area (Å²) in [5.41, 5.74) is 5.08. The van der Waals surface area contributed by atoms with Gasteiger partial charge in [0.15, 0.2) is 0 Å². The summed E-state index contributed by atoms with van der Waals surface area (Å²) in [6, 6.07) is 18.3. The zero-order valence-electron chi connectivity index (χ0n) is 19.3. The number of carbonyl (C=O) groups is 1. The smallest absolute Gasteiger partial charge is 0.265 e. The Morgan fingerprint density at radius 3 is 2.45 bits per heavy atom. The molecule has 7 heteroatoms. The highest BCUT2D eigenvalue weighted by Crippen LogP contribution is 2.31. The summed E-state index contributed by atoms with van der Waals surface area (Å²) in [5, 5.41) is 8.81. The first-order chi connectivity index (χ1) is 16.0. The molecule has 1 aliphatic heterocycles. The van der Waals surface area contributed by atoms with Gasteiger partial charge in [0.25, 0.3) is 5.91 Å². The molecule has 0 spiro atoms. The average molecular weight is 460 g/mol. The zero-order chi connectivity index (χ0) is 22.9. The topological polar surface area (TPSA) is 53.4 Å². The molecule has 1 amide bonds. The maximum Gasteiger partial charge on any atom is 0.265 e. The van der Waals surface area contributed by atoms with Crippen LogP contribution in [0.3, 0.4) is 0 Å². The number of benzene rings is 2. The molecule has 2 aromatic carbocycles. The van der Waals surface area contributed by atoms with Crippen LogP contribution in [0.5, 0.6) is 0 Å². The molecule has 1 aliphatic rings. The van der Waals surface area contributed by atoms with Crippen molar-refractivity contribution in [3.8, 4) is 5.69 Å². The number of aromatic nitrogens is 2. The maximum absolute atomic E-state index is 13.1. The number of nitrogens with zero attached hydrogens (tertiary/aromatic N) is 4. The molecule has 0 saturated carbocycles. The Balaban J connectivity index is 1.34. The van der Waals surface area contributed by atoms with Crippen molar-refractivity contribution in [2.45, 2.75) is 20.8 Å². The van der Waals surface area contributed by atoms with Gasteiger partial charge in [-0.05, 0) is 62.4 Å². The standard InChI is InChI=1S/C26H29N5OS/c1-4-29-12-14-30(15-13-29)21-10-11-23(18(2)16-21)27-25(32)24-17-22-19(3)28-31(26(22)33-24)20-8-6-5-7-9-20/h5-11,16-17H,4,12-15H2,1-3H3,(H,27,32). The molecule has 1 N–H and O–H groups in total. The van der Waals surface area contributed by atoms with Crippen molar-refractivity contribution >= 4 is 38.8 Å². The second-order valence-corrected chi connectivity index (χ2v) is 9.57. The van der Waals surface area contributed by atoms with Crippen LogP contribution in [0, 0.1) is 13.8 Å². The van der Waals surface area contributed by atoms with Crippen LogP contribution in [0.25, 0.3) is 15.9 Å². The van der Waals surface area contributed by atoms with Crippen LogP contribution in [0.2, 0.25) is 0 Å². The number of likely N-dealkylation sites (N-methyl/N-ethyl adjacent to an activating group) is 1. The van der Waals surface area contributed by atoms with Gasteiger partial charge in [0, 0.05) is 42.9 Å². The van der Waals surface area contributed by atoms with Gasteiger partial charge in [-0.2, -0.15) is 5.10 Å². The van der Waals surface area contributed by atoms with Gasteiger partial charge in [0.05, 0.1) is 16.3 Å². The molecular formula is C26H29N5OS. The van der Waals surface area contributed by atoms with E-state index in [1.165, 1.54) is 17.0 Å². The lowest BCUT2D eigenvalue weighted by molar-refractivity contribution is 0.103. The van der Waals surface area contributed by atoms with E-state index >= 15 is 0 Å². The van der Waals surface area contributed by atoms with Crippen molar-refractivity contribution in [1.82, 2.24) is 14.7 Å². The quantitative estimate of drug-likeness (QED) is 0.451. The number of anilines is 2. The Kier molecular flexibility index (Phi) is 5.91. The highest BCUT2D eigenvalue weighted by molar-refractivity contribution is 7.20. The van der Waals surface area contributed by atoms with Crippen molar-refractivity contribution in [1.29, 1.82) is 0 Å². The lowest BCUT2D eigenvalue weighted by Gasteiger charge is -2.35. The molecule has 0 aliphatic carbocycles. The molecule has 0 unspecified atom stereocenters. The molecule has 3 heterocycles. The monoisotopic (exact) mass is 459 g/mol. The minimum absolute atomic E-state index is 0.0809. The summed E-state index contributed by atoms with van der Waals surface area (Å²) in [6.45, 7) is 11.6. The van der Waals surface area contributed by atoms with E-state index in [-0.39, 0.29) is 5.91 Å². The fraction of sp³-hybridized carbons (Fsp3) is 0.308. The van der Waals surface area contributed by atoms with Gasteiger partial charge in [-0.25, -0.2) is 4.68 Å². The molecule has 0 atom stereocenters. The first-order valence-corrected chi connectivity index (χ1v) is 12.3. The fourth-order valence-electron chi connectivity index (χ4n) is 4.39. The van der Waals surface area contributed by atoms with E-state index in [4.69, 9.17) is 0 Å². The predicted octanol–water partition coefficient (Wildman–Crippen LogP) is 5.10. The van der Waals surface area contributed by atoms with Gasteiger partial charge >= 0.3 is 0 Å². The Bertz CT molecular complexity index is 1290. The van der Waals surface area contributed by atoms with Crippen LogP contribution in [-0.2, 0) is 0 Å². The fourth-order valence-corrected chi connectivity index (χ4v) is 5.47. The first kappa shape index (κ1) is 21.7. The van der Waals surface area contributed by atoms with Crippen LogP contribution in [0.15, 0.2) is 54.6 Å². The summed E-state index contributed by atoms with van der Waals surface area (Å²) >= 11 is 1.48. The van der Waals surface area contributed by atoms with Crippen LogP contribution in [0.1, 0.15) is 27.9 Å². The Hall–Kier alpha value is -3.16. The van der Waals surface area contributed by atoms with E-state index < -0.39 is 0 Å². The van der Waals surface area contributed by atoms with Crippen LogP contribution in [0.4, 0.5) is 11.4 Å². The SMILES string of the molecule is CCN1CCN(c2ccc(NC(=O)c3cc4c(C)nn(-c5ccccc5)c4s3)c(C)c2)CC1. The number of hydrogen-bond donors (Lipinski definition) is 1. The predicted molar refractivity (Wildman–Crippen MR) is 137 cm³/mol. The van der Waals surface area contributed by atoms with Crippen molar-refractivity contribution in [3.63, 3.8) is 0 Å². The minimum Gasteiger partial charge on any atom is -0.369 e. The highest BCUT2D eigenvalue weighted by Gasteiger charge is 2.19. The number of para-hydroxylation sites is 1. The summed E-state index contributed by atoms with van der Waals surface area (Å²) in [7, 11) is 0. The molecule has 1 saturated heterocycles. The molecule has 33 heavy (non-hydrogen) atoms. The van der Waals surface area contributed by atoms with Gasteiger partial charge in [-0.3, -0.25) is 4.79 Å². The van der Waals surface area contributed by atoms with Gasteiger partial charge in [-0.15, -0.1) is 11.3 Å². The van der Waals surface area contributed by atoms with Crippen molar-refractivity contribution < 1.29 is 4.79 Å². The number of amides is 1. The van der Waals surface area contributed by atoms with E-state index in [9.17, 15) is 4.79 Å². The third kappa shape index (κ3) is 4.26. The average Bonchev–Trinajstić information content (AvgIpc) is 3.42. The number of aryl methyl sites for hydroxylation is 2. The zero-order valence-corrected chi connectivity index (χ0v) is 20.2. The normalized spacial score (nSPS) is 14.7. The second kappa shape index (κ2) is 9.00. The number of nitrogens with one attached hydrogen (secondary N) is 1. The molecule has 0 bridgehead atoms. The Morgan fingerprint density at radius 1 is 1.00 bits per heavy atom. The highest BCUT2D eigenvalue weighted by atomic mass is 32.1. The van der Waals surface area contributed by atoms with E-state index in [1.807, 2.05) is 54.1 Å². The second-order valence-electron chi connectivity index (χ2n) is 8.54. The number of thiophene rings is 1. The number of piperazine rings is 1. The maximum atomic E-state index is 13.1. The molecule has 6 nitrogen and oxygen atoms in total. The van der Waals surface area contributed by atoms with Crippen LogP contribution < -0.4 is 10.2 Å². The van der Waals surface area contributed by atoms with E-state index in [0.717, 1.165) is 65.6 Å². The van der Waals surface area contributed by atoms with Crippen LogP contribution in [-0.4, -0.2) is 53.3 Å². The number of fused-ring (bicyclic) bond motifs is 1. The van der Waals surface area contributed by atoms with Gasteiger partial charge in [-0.1, -0.05) is 25.1 Å². The first-order valence-electron chi connectivity index (χ1n) is 11.5. The summed E-state index contributed by atoms with van der Waals surface area (Å²) < 4.78 is 1.92. The number of rotatable bonds is 5. The number of carbonyl (C=O) groups excluding carboxylic acids is 1. The lowest BCUT2D eigenvalue weighted by Crippen LogP contribution is -2.46. The van der Waals surface area contributed by atoms with E-state index in [2.05, 4.69) is 46.2 Å². The summed E-state index contributed by atoms with van der Waals surface area (Å²) in [5.74, 6) is -0.0809. The van der Waals surface area contributed by atoms with Crippen molar-refractivity contribution in [2.24, 2.45) is 0 Å². The van der Waals surface area contributed by atoms with Crippen molar-refractivity contribution in [3.05, 3.63) is 70.7 Å². The Morgan fingerprint density at radius 2 is 1.76 bits per heavy atom. The molecular weight excluding hydrogens is 430 g/mol. The van der Waals surface area contributed by atoms with E-state index in [1.54, 1.807) is 0 Å². The minimum atomic E-state index is -0.0809.